The van der Waals surface area contributed by atoms with Crippen molar-refractivity contribution >= 4 is 46.5 Å². The molecule has 50 heavy (non-hydrogen) atoms. The van der Waals surface area contributed by atoms with Gasteiger partial charge in [-0.1, -0.05) is 47.5 Å². The summed E-state index contributed by atoms with van der Waals surface area (Å²) >= 11 is 14.3. The van der Waals surface area contributed by atoms with Crippen LogP contribution in [0, 0.1) is 11.7 Å². The molecule has 1 unspecified atom stereocenters. The number of hydrogen-bond donors (Lipinski definition) is 1. The molecule has 2 aromatic carbocycles. The molecule has 2 bridgehead atoms. The van der Waals surface area contributed by atoms with Gasteiger partial charge in [0.2, 0.25) is 0 Å². The highest BCUT2D eigenvalue weighted by Crippen LogP contribution is 2.36. The number of nitrogens with zero attached hydrogens (tertiary/aromatic N) is 1. The number of thiophene rings is 1. The minimum absolute atomic E-state index is 0. The van der Waals surface area contributed by atoms with Crippen LogP contribution in [0.25, 0.3) is 0 Å². The van der Waals surface area contributed by atoms with Crippen LogP contribution in [-0.4, -0.2) is 62.3 Å². The molecule has 5 heterocycles. The molecule has 4 aromatic rings. The van der Waals surface area contributed by atoms with Crippen LogP contribution in [-0.2, 0) is 27.2 Å². The first kappa shape index (κ1) is 37.5. The van der Waals surface area contributed by atoms with Crippen molar-refractivity contribution < 1.29 is 43.4 Å². The van der Waals surface area contributed by atoms with Gasteiger partial charge >= 0.3 is 11.9 Å². The van der Waals surface area contributed by atoms with Crippen LogP contribution in [0.5, 0.6) is 11.5 Å². The molecule has 3 aliphatic rings. The number of fused-ring (bicyclic) bond motifs is 3. The number of aromatic nitrogens is 1. The highest BCUT2D eigenvalue weighted by Gasteiger charge is 2.38. The van der Waals surface area contributed by atoms with Crippen molar-refractivity contribution in [3.05, 3.63) is 109 Å². The van der Waals surface area contributed by atoms with Crippen LogP contribution in [0.4, 0.5) is 4.39 Å². The van der Waals surface area contributed by atoms with Crippen LogP contribution in [0.3, 0.4) is 0 Å². The van der Waals surface area contributed by atoms with E-state index < -0.39 is 29.9 Å². The highest BCUT2D eigenvalue weighted by molar-refractivity contribution is 7.10. The predicted molar refractivity (Wildman–Crippen MR) is 186 cm³/mol. The Labute approximate surface area is 303 Å². The third-order valence-electron chi connectivity index (χ3n) is 9.10. The van der Waals surface area contributed by atoms with Crippen molar-refractivity contribution in [2.45, 2.75) is 44.1 Å². The number of carbonyl (C=O) groups is 2. The molecule has 10 nitrogen and oxygen atoms in total. The van der Waals surface area contributed by atoms with E-state index in [2.05, 4.69) is 15.2 Å². The molecule has 3 atom stereocenters. The van der Waals surface area contributed by atoms with E-state index in [0.29, 0.717) is 50.7 Å². The lowest BCUT2D eigenvalue weighted by Crippen LogP contribution is -2.52. The highest BCUT2D eigenvalue weighted by atomic mass is 35.5. The largest absolute Gasteiger partial charge is 0.870 e. The second kappa shape index (κ2) is 17.0. The Hall–Kier alpha value is -3.78. The second-order valence-electron chi connectivity index (χ2n) is 12.1. The Kier molecular flexibility index (Phi) is 12.7. The van der Waals surface area contributed by atoms with Crippen molar-refractivity contribution in [1.29, 1.82) is 0 Å². The van der Waals surface area contributed by atoms with E-state index in [-0.39, 0.29) is 30.1 Å². The summed E-state index contributed by atoms with van der Waals surface area (Å²) < 4.78 is 37.9. The number of hydrogen-bond acceptors (Lipinski definition) is 10. The Morgan fingerprint density at radius 1 is 1.04 bits per heavy atom. The summed E-state index contributed by atoms with van der Waals surface area (Å²) in [6.07, 6.45) is 4.38. The van der Waals surface area contributed by atoms with E-state index in [1.807, 2.05) is 0 Å². The maximum atomic E-state index is 15.0. The molecule has 266 valence electrons. The lowest BCUT2D eigenvalue weighted by Gasteiger charge is -2.44. The van der Waals surface area contributed by atoms with Crippen molar-refractivity contribution in [2.75, 3.05) is 33.9 Å². The Morgan fingerprint density at radius 3 is 2.42 bits per heavy atom. The number of nitrogens with one attached hydrogen (secondary N) is 2. The van der Waals surface area contributed by atoms with E-state index in [9.17, 15) is 14.0 Å². The number of esters is 2. The van der Waals surface area contributed by atoms with E-state index in [0.717, 1.165) is 30.8 Å². The smallest absolute Gasteiger partial charge is 0.339 e. The summed E-state index contributed by atoms with van der Waals surface area (Å²) in [5, 5.41) is 5.67. The lowest BCUT2D eigenvalue weighted by atomic mass is 9.86. The first-order valence-corrected chi connectivity index (χ1v) is 17.6. The number of H-pyrrole nitrogens is 1. The molecular formula is C36H38Cl2FN3O7S. The van der Waals surface area contributed by atoms with E-state index in [4.69, 9.17) is 42.1 Å². The number of halogens is 3. The van der Waals surface area contributed by atoms with Gasteiger partial charge < -0.3 is 24.4 Å². The molecule has 14 heteroatoms. The SMILES string of the molecule is COc1ccc([C@H](Cc2c(Cl)c[nH+]cc2Cl)OC(=O)c2csc(CNC(C(=O)O[C@H]3CN4CCC3CC4)c3ccccc3F)c2)cc1OC.[OH-]. The quantitative estimate of drug-likeness (QED) is 0.153. The summed E-state index contributed by atoms with van der Waals surface area (Å²) in [6.45, 7) is 2.91. The maximum absolute atomic E-state index is 15.0. The summed E-state index contributed by atoms with van der Waals surface area (Å²) in [4.78, 5) is 33.1. The summed E-state index contributed by atoms with van der Waals surface area (Å²) in [6, 6.07) is 12.1. The molecule has 7 rings (SSSR count). The third kappa shape index (κ3) is 8.56. The number of benzene rings is 2. The zero-order valence-electron chi connectivity index (χ0n) is 27.5. The minimum atomic E-state index is -1.03. The fourth-order valence-electron chi connectivity index (χ4n) is 6.41. The van der Waals surface area contributed by atoms with Crippen LogP contribution < -0.4 is 19.8 Å². The van der Waals surface area contributed by atoms with Crippen molar-refractivity contribution in [3.63, 3.8) is 0 Å². The van der Waals surface area contributed by atoms with Gasteiger partial charge in [-0.15, -0.1) is 11.3 Å². The van der Waals surface area contributed by atoms with Gasteiger partial charge in [0, 0.05) is 40.9 Å². The monoisotopic (exact) mass is 745 g/mol. The fourth-order valence-corrected chi connectivity index (χ4v) is 7.75. The summed E-state index contributed by atoms with van der Waals surface area (Å²) in [7, 11) is 3.07. The topological polar surface area (TPSA) is 130 Å². The number of aromatic amines is 1. The van der Waals surface area contributed by atoms with Gasteiger partial charge in [-0.05, 0) is 61.7 Å². The predicted octanol–water partition coefficient (Wildman–Crippen LogP) is 6.46. The molecule has 0 aliphatic carbocycles. The molecule has 2 aromatic heterocycles. The standard InChI is InChI=1S/C36H36Cl2FN3O6S.H2O/c1-45-30-8-7-22(14-32(30)46-2)31(15-26-27(37)17-40-18-28(26)38)47-35(43)23-13-24(49-20-23)16-41-34(25-5-3-4-6-29(25)39)36(44)48-33-19-42-11-9-21(33)10-12-42;/h3-8,13-14,17-18,20-21,31,33-34,41H,9-12,15-16,19H2,1-2H3;1H2/t31-,33-,34?;/m0./s1. The van der Waals surface area contributed by atoms with Gasteiger partial charge in [0.25, 0.3) is 0 Å². The third-order valence-corrected chi connectivity index (χ3v) is 10.7. The van der Waals surface area contributed by atoms with E-state index in [1.54, 1.807) is 60.2 Å². The number of ether oxygens (including phenoxy) is 4. The first-order chi connectivity index (χ1) is 23.7. The summed E-state index contributed by atoms with van der Waals surface area (Å²) in [5.41, 5.74) is 1.79. The minimum Gasteiger partial charge on any atom is -0.870 e. The van der Waals surface area contributed by atoms with Crippen LogP contribution in [0.2, 0.25) is 10.0 Å². The number of rotatable bonds is 13. The first-order valence-electron chi connectivity index (χ1n) is 16.0. The Bertz CT molecular complexity index is 1780. The van der Waals surface area contributed by atoms with Crippen LogP contribution in [0.15, 0.2) is 66.3 Å². The molecule has 3 N–H and O–H groups in total. The van der Waals surface area contributed by atoms with Crippen molar-refractivity contribution in [2.24, 2.45) is 5.92 Å². The lowest BCUT2D eigenvalue weighted by molar-refractivity contribution is -0.377. The molecule has 3 fully saturated rings. The fraction of sp³-hybridized carbons (Fsp3) is 0.361. The van der Waals surface area contributed by atoms with Gasteiger partial charge in [-0.3, -0.25) is 10.2 Å². The van der Waals surface area contributed by atoms with Crippen LogP contribution in [0.1, 0.15) is 56.9 Å². The molecule has 0 spiro atoms. The van der Waals surface area contributed by atoms with Gasteiger partial charge in [-0.25, -0.2) is 19.0 Å². The van der Waals surface area contributed by atoms with Crippen LogP contribution >= 0.6 is 34.5 Å². The van der Waals surface area contributed by atoms with Gasteiger partial charge in [-0.2, -0.15) is 0 Å². The van der Waals surface area contributed by atoms with E-state index in [1.165, 1.54) is 31.6 Å². The molecular weight excluding hydrogens is 708 g/mol. The number of methoxy groups -OCH3 is 2. The van der Waals surface area contributed by atoms with Gasteiger partial charge in [0.05, 0.1) is 19.8 Å². The molecule has 0 saturated carbocycles. The summed E-state index contributed by atoms with van der Waals surface area (Å²) in [5.74, 6) is -0.272. The zero-order chi connectivity index (χ0) is 34.5. The number of pyridine rings is 1. The second-order valence-corrected chi connectivity index (χ2v) is 13.9. The van der Waals surface area contributed by atoms with Gasteiger partial charge in [0.15, 0.2) is 23.9 Å². The normalized spacial score (nSPS) is 19.2. The molecule has 0 radical (unpaired) electrons. The molecule has 3 aliphatic heterocycles. The Balaban J connectivity index is 0.00000486. The maximum Gasteiger partial charge on any atom is 0.339 e. The average molecular weight is 747 g/mol. The zero-order valence-corrected chi connectivity index (χ0v) is 29.8. The number of carbonyl (C=O) groups excluding carboxylic acids is 2. The van der Waals surface area contributed by atoms with Crippen molar-refractivity contribution in [1.82, 2.24) is 10.2 Å². The van der Waals surface area contributed by atoms with Gasteiger partial charge in [0.1, 0.15) is 34.1 Å². The van der Waals surface area contributed by atoms with Crippen molar-refractivity contribution in [3.8, 4) is 11.5 Å². The molecule has 0 amide bonds. The molecule has 3 saturated heterocycles. The Morgan fingerprint density at radius 2 is 1.76 bits per heavy atom. The average Bonchev–Trinajstić information content (AvgIpc) is 3.59. The number of piperidine rings is 3. The van der Waals surface area contributed by atoms with E-state index >= 15 is 0 Å².